The summed E-state index contributed by atoms with van der Waals surface area (Å²) in [5.74, 6) is 0.884. The van der Waals surface area contributed by atoms with Gasteiger partial charge in [0.15, 0.2) is 6.54 Å². The normalized spacial score (nSPS) is 32.5. The van der Waals surface area contributed by atoms with E-state index in [-0.39, 0.29) is 5.91 Å². The molecule has 1 aliphatic carbocycles. The van der Waals surface area contributed by atoms with Crippen molar-refractivity contribution in [3.05, 3.63) is 21.9 Å². The first-order chi connectivity index (χ1) is 10.1. The fraction of sp³-hybridized carbons (Fsp3) is 0.706. The van der Waals surface area contributed by atoms with Gasteiger partial charge in [-0.05, 0) is 37.1 Å². The SMILES string of the molecule is C[C@@H]1CCCC[C@@H]1NC(=O)C[NH+]1CCc2sccc2[C@@H]1C. The minimum Gasteiger partial charge on any atom is -0.348 e. The van der Waals surface area contributed by atoms with Crippen molar-refractivity contribution in [2.45, 2.75) is 58.0 Å². The van der Waals surface area contributed by atoms with Crippen LogP contribution in [0.2, 0.25) is 0 Å². The molecule has 1 saturated carbocycles. The van der Waals surface area contributed by atoms with Gasteiger partial charge in [-0.1, -0.05) is 19.8 Å². The average molecular weight is 307 g/mol. The second-order valence-corrected chi connectivity index (χ2v) is 7.79. The van der Waals surface area contributed by atoms with E-state index in [0.717, 1.165) is 19.4 Å². The molecule has 1 aromatic heterocycles. The number of quaternary nitrogens is 1. The van der Waals surface area contributed by atoms with Gasteiger partial charge in [-0.15, -0.1) is 11.3 Å². The maximum atomic E-state index is 12.4. The molecular weight excluding hydrogens is 280 g/mol. The molecule has 2 N–H and O–H groups in total. The third-order valence-electron chi connectivity index (χ3n) is 5.38. The minimum absolute atomic E-state index is 0.245. The smallest absolute Gasteiger partial charge is 0.275 e. The van der Waals surface area contributed by atoms with E-state index < -0.39 is 0 Å². The molecule has 0 aromatic carbocycles. The zero-order valence-electron chi connectivity index (χ0n) is 13.2. The number of hydrogen-bond donors (Lipinski definition) is 2. The predicted octanol–water partition coefficient (Wildman–Crippen LogP) is 1.94. The number of rotatable bonds is 3. The number of thiophene rings is 1. The lowest BCUT2D eigenvalue weighted by Gasteiger charge is -2.32. The van der Waals surface area contributed by atoms with Crippen LogP contribution in [-0.2, 0) is 11.2 Å². The van der Waals surface area contributed by atoms with Crippen LogP contribution in [0.5, 0.6) is 0 Å². The van der Waals surface area contributed by atoms with Gasteiger partial charge in [0.2, 0.25) is 0 Å². The lowest BCUT2D eigenvalue weighted by molar-refractivity contribution is -0.924. The Balaban J connectivity index is 1.56. The molecule has 1 amide bonds. The molecule has 0 radical (unpaired) electrons. The van der Waals surface area contributed by atoms with Gasteiger partial charge in [0.25, 0.3) is 5.91 Å². The van der Waals surface area contributed by atoms with Crippen molar-refractivity contribution < 1.29 is 9.69 Å². The molecule has 1 aliphatic heterocycles. The first-order valence-electron chi connectivity index (χ1n) is 8.35. The summed E-state index contributed by atoms with van der Waals surface area (Å²) in [5, 5.41) is 5.49. The molecule has 0 saturated heterocycles. The molecule has 3 nitrogen and oxygen atoms in total. The highest BCUT2D eigenvalue weighted by molar-refractivity contribution is 7.10. The maximum absolute atomic E-state index is 12.4. The summed E-state index contributed by atoms with van der Waals surface area (Å²) in [6.45, 7) is 6.25. The van der Waals surface area contributed by atoms with Gasteiger partial charge in [-0.3, -0.25) is 4.79 Å². The lowest BCUT2D eigenvalue weighted by Crippen LogP contribution is -3.14. The van der Waals surface area contributed by atoms with Crippen LogP contribution in [-0.4, -0.2) is 25.0 Å². The van der Waals surface area contributed by atoms with Gasteiger partial charge in [-0.2, -0.15) is 0 Å². The Morgan fingerprint density at radius 1 is 1.38 bits per heavy atom. The number of carbonyl (C=O) groups is 1. The zero-order valence-corrected chi connectivity index (χ0v) is 14.0. The van der Waals surface area contributed by atoms with Crippen molar-refractivity contribution in [1.82, 2.24) is 5.32 Å². The highest BCUT2D eigenvalue weighted by Gasteiger charge is 2.31. The lowest BCUT2D eigenvalue weighted by atomic mass is 9.86. The summed E-state index contributed by atoms with van der Waals surface area (Å²) in [4.78, 5) is 15.3. The monoisotopic (exact) mass is 307 g/mol. The Bertz CT molecular complexity index is 499. The molecule has 3 rings (SSSR count). The zero-order chi connectivity index (χ0) is 14.8. The van der Waals surface area contributed by atoms with Gasteiger partial charge in [0.05, 0.1) is 6.54 Å². The Morgan fingerprint density at radius 3 is 3.00 bits per heavy atom. The van der Waals surface area contributed by atoms with Gasteiger partial charge >= 0.3 is 0 Å². The average Bonchev–Trinajstić information content (AvgIpc) is 2.94. The van der Waals surface area contributed by atoms with E-state index >= 15 is 0 Å². The van der Waals surface area contributed by atoms with E-state index in [1.54, 1.807) is 0 Å². The fourth-order valence-electron chi connectivity index (χ4n) is 3.89. The topological polar surface area (TPSA) is 33.5 Å². The summed E-state index contributed by atoms with van der Waals surface area (Å²) >= 11 is 1.86. The van der Waals surface area contributed by atoms with E-state index in [1.807, 2.05) is 11.3 Å². The summed E-state index contributed by atoms with van der Waals surface area (Å²) < 4.78 is 0. The predicted molar refractivity (Wildman–Crippen MR) is 86.7 cm³/mol. The third-order valence-corrected chi connectivity index (χ3v) is 6.37. The van der Waals surface area contributed by atoms with Crippen molar-refractivity contribution in [2.24, 2.45) is 5.92 Å². The van der Waals surface area contributed by atoms with Gasteiger partial charge in [0.1, 0.15) is 6.04 Å². The molecule has 1 aromatic rings. The van der Waals surface area contributed by atoms with Crippen LogP contribution < -0.4 is 10.2 Å². The molecule has 1 unspecified atom stereocenters. The maximum Gasteiger partial charge on any atom is 0.275 e. The second-order valence-electron chi connectivity index (χ2n) is 6.79. The van der Waals surface area contributed by atoms with Gasteiger partial charge < -0.3 is 10.2 Å². The van der Waals surface area contributed by atoms with E-state index in [0.29, 0.717) is 24.5 Å². The highest BCUT2D eigenvalue weighted by Crippen LogP contribution is 2.25. The molecule has 116 valence electrons. The largest absolute Gasteiger partial charge is 0.348 e. The van der Waals surface area contributed by atoms with Crippen LogP contribution in [0.1, 0.15) is 56.0 Å². The van der Waals surface area contributed by atoms with Crippen molar-refractivity contribution in [2.75, 3.05) is 13.1 Å². The molecule has 21 heavy (non-hydrogen) atoms. The van der Waals surface area contributed by atoms with Crippen molar-refractivity contribution in [3.63, 3.8) is 0 Å². The standard InChI is InChI=1S/C17H26N2OS/c1-12-5-3-4-6-15(12)18-17(20)11-19-9-7-16-14(13(19)2)8-10-21-16/h8,10,12-13,15H,3-7,9,11H2,1-2H3,(H,18,20)/p+1/t12-,13+,15+/m1/s1. The molecule has 1 fully saturated rings. The number of carbonyl (C=O) groups excluding carboxylic acids is 1. The highest BCUT2D eigenvalue weighted by atomic mass is 32.1. The quantitative estimate of drug-likeness (QED) is 0.879. The number of nitrogens with one attached hydrogen (secondary N) is 2. The Kier molecular flexibility index (Phi) is 4.65. The van der Waals surface area contributed by atoms with E-state index in [4.69, 9.17) is 0 Å². The molecule has 2 heterocycles. The minimum atomic E-state index is 0.245. The van der Waals surface area contributed by atoms with Crippen LogP contribution in [0.25, 0.3) is 0 Å². The number of amides is 1. The van der Waals surface area contributed by atoms with Crippen LogP contribution in [0, 0.1) is 5.92 Å². The molecule has 4 heteroatoms. The summed E-state index contributed by atoms with van der Waals surface area (Å²) in [6.07, 6.45) is 6.13. The Hall–Kier alpha value is -0.870. The summed E-state index contributed by atoms with van der Waals surface area (Å²) in [6, 6.07) is 3.10. The van der Waals surface area contributed by atoms with Crippen molar-refractivity contribution >= 4 is 17.2 Å². The van der Waals surface area contributed by atoms with Crippen molar-refractivity contribution in [3.8, 4) is 0 Å². The third kappa shape index (κ3) is 3.32. The van der Waals surface area contributed by atoms with Crippen molar-refractivity contribution in [1.29, 1.82) is 0 Å². The summed E-state index contributed by atoms with van der Waals surface area (Å²) in [5.41, 5.74) is 1.46. The fourth-order valence-corrected chi connectivity index (χ4v) is 4.87. The summed E-state index contributed by atoms with van der Waals surface area (Å²) in [7, 11) is 0. The molecule has 4 atom stereocenters. The second kappa shape index (κ2) is 6.49. The molecule has 0 bridgehead atoms. The van der Waals surface area contributed by atoms with Crippen LogP contribution in [0.3, 0.4) is 0 Å². The van der Waals surface area contributed by atoms with E-state index in [9.17, 15) is 4.79 Å². The Labute approximate surface area is 131 Å². The molecule has 0 spiro atoms. The molecular formula is C17H27N2OS+. The van der Waals surface area contributed by atoms with E-state index in [2.05, 4.69) is 30.6 Å². The van der Waals surface area contributed by atoms with Crippen LogP contribution in [0.4, 0.5) is 0 Å². The van der Waals surface area contributed by atoms with Gasteiger partial charge in [-0.25, -0.2) is 0 Å². The van der Waals surface area contributed by atoms with Crippen LogP contribution in [0.15, 0.2) is 11.4 Å². The van der Waals surface area contributed by atoms with Gasteiger partial charge in [0, 0.05) is 22.9 Å². The van der Waals surface area contributed by atoms with E-state index in [1.165, 1.54) is 34.6 Å². The number of hydrogen-bond acceptors (Lipinski definition) is 2. The first-order valence-corrected chi connectivity index (χ1v) is 9.23. The molecule has 2 aliphatic rings. The number of fused-ring (bicyclic) bond motifs is 1. The Morgan fingerprint density at radius 2 is 2.19 bits per heavy atom. The first kappa shape index (κ1) is 15.0. The van der Waals surface area contributed by atoms with Crippen LogP contribution >= 0.6 is 11.3 Å².